The largest absolute Gasteiger partial charge is 0.454 e. The molecular formula is C15H12BrFN2O5. The molecule has 2 amide bonds. The van der Waals surface area contributed by atoms with E-state index in [1.54, 1.807) is 0 Å². The Morgan fingerprint density at radius 1 is 1.12 bits per heavy atom. The number of amides is 2. The van der Waals surface area contributed by atoms with Crippen molar-refractivity contribution in [2.75, 3.05) is 18.5 Å². The summed E-state index contributed by atoms with van der Waals surface area (Å²) in [5, 5.41) is 4.72. The first-order valence-electron chi connectivity index (χ1n) is 6.68. The number of halogens is 2. The molecule has 0 aliphatic rings. The standard InChI is InChI=1S/C15H12BrFN2O5/c16-12-6-5-11(24-12)15(22)18-7-14(21)23-8-13(20)19-10-3-1-9(17)2-4-10/h1-6H,7-8H2,(H,18,22)(H,19,20). The average molecular weight is 399 g/mol. The first kappa shape index (κ1) is 17.7. The molecule has 1 aromatic carbocycles. The van der Waals surface area contributed by atoms with Gasteiger partial charge in [-0.2, -0.15) is 0 Å². The van der Waals surface area contributed by atoms with Crippen molar-refractivity contribution in [3.8, 4) is 0 Å². The van der Waals surface area contributed by atoms with E-state index in [0.717, 1.165) is 0 Å². The van der Waals surface area contributed by atoms with Crippen LogP contribution in [0, 0.1) is 5.82 Å². The monoisotopic (exact) mass is 398 g/mol. The maximum Gasteiger partial charge on any atom is 0.325 e. The number of hydrogen-bond acceptors (Lipinski definition) is 5. The molecule has 0 aliphatic heterocycles. The van der Waals surface area contributed by atoms with E-state index in [1.165, 1.54) is 36.4 Å². The Morgan fingerprint density at radius 2 is 1.83 bits per heavy atom. The summed E-state index contributed by atoms with van der Waals surface area (Å²) in [6.45, 7) is -0.945. The highest BCUT2D eigenvalue weighted by Crippen LogP contribution is 2.13. The lowest BCUT2D eigenvalue weighted by Crippen LogP contribution is -2.32. The van der Waals surface area contributed by atoms with Gasteiger partial charge in [0.15, 0.2) is 17.0 Å². The molecule has 2 rings (SSSR count). The van der Waals surface area contributed by atoms with Crippen molar-refractivity contribution >= 4 is 39.4 Å². The van der Waals surface area contributed by atoms with Crippen LogP contribution in [-0.4, -0.2) is 30.9 Å². The Balaban J connectivity index is 1.69. The van der Waals surface area contributed by atoms with Crippen molar-refractivity contribution < 1.29 is 27.9 Å². The summed E-state index contributed by atoms with van der Waals surface area (Å²) in [6.07, 6.45) is 0. The van der Waals surface area contributed by atoms with Crippen LogP contribution < -0.4 is 10.6 Å². The zero-order valence-corrected chi connectivity index (χ0v) is 13.8. The predicted octanol–water partition coefficient (Wildman–Crippen LogP) is 2.09. The summed E-state index contributed by atoms with van der Waals surface area (Å²) in [5.41, 5.74) is 0.370. The van der Waals surface area contributed by atoms with E-state index in [0.29, 0.717) is 10.4 Å². The maximum absolute atomic E-state index is 12.7. The summed E-state index contributed by atoms with van der Waals surface area (Å²) in [6, 6.07) is 8.08. The Labute approximate surface area is 144 Å². The van der Waals surface area contributed by atoms with Crippen LogP contribution >= 0.6 is 15.9 Å². The number of hydrogen-bond donors (Lipinski definition) is 2. The fourth-order valence-electron chi connectivity index (χ4n) is 1.60. The SMILES string of the molecule is O=C(COC(=O)CNC(=O)c1ccc(Br)o1)Nc1ccc(F)cc1. The Hall–Kier alpha value is -2.68. The Kier molecular flexibility index (Phi) is 6.07. The number of carbonyl (C=O) groups is 3. The van der Waals surface area contributed by atoms with Crippen LogP contribution in [0.3, 0.4) is 0 Å². The highest BCUT2D eigenvalue weighted by molar-refractivity contribution is 9.10. The Bertz CT molecular complexity index is 745. The molecule has 0 atom stereocenters. The molecule has 9 heteroatoms. The summed E-state index contributed by atoms with van der Waals surface area (Å²) in [4.78, 5) is 34.7. The number of carbonyl (C=O) groups excluding carboxylic acids is 3. The number of rotatable bonds is 6. The average Bonchev–Trinajstić information content (AvgIpc) is 2.99. The molecular weight excluding hydrogens is 387 g/mol. The van der Waals surface area contributed by atoms with Gasteiger partial charge in [-0.1, -0.05) is 0 Å². The lowest BCUT2D eigenvalue weighted by molar-refractivity contribution is -0.146. The normalized spacial score (nSPS) is 10.1. The lowest BCUT2D eigenvalue weighted by atomic mass is 10.3. The van der Waals surface area contributed by atoms with E-state index in [-0.39, 0.29) is 5.76 Å². The topological polar surface area (TPSA) is 97.6 Å². The van der Waals surface area contributed by atoms with E-state index in [9.17, 15) is 18.8 Å². The van der Waals surface area contributed by atoms with Gasteiger partial charge >= 0.3 is 5.97 Å². The first-order valence-corrected chi connectivity index (χ1v) is 7.48. The van der Waals surface area contributed by atoms with Gasteiger partial charge in [-0.15, -0.1) is 0 Å². The molecule has 126 valence electrons. The smallest absolute Gasteiger partial charge is 0.325 e. The summed E-state index contributed by atoms with van der Waals surface area (Å²) < 4.78 is 22.8. The van der Waals surface area contributed by atoms with Crippen molar-refractivity contribution in [2.24, 2.45) is 0 Å². The number of nitrogens with one attached hydrogen (secondary N) is 2. The fraction of sp³-hybridized carbons (Fsp3) is 0.133. The summed E-state index contributed by atoms with van der Waals surface area (Å²) in [7, 11) is 0. The van der Waals surface area contributed by atoms with Gasteiger partial charge in [-0.3, -0.25) is 14.4 Å². The van der Waals surface area contributed by atoms with Gasteiger partial charge in [0, 0.05) is 5.69 Å². The van der Waals surface area contributed by atoms with Gasteiger partial charge in [-0.25, -0.2) is 4.39 Å². The van der Waals surface area contributed by atoms with Gasteiger partial charge in [0.2, 0.25) is 0 Å². The lowest BCUT2D eigenvalue weighted by Gasteiger charge is -2.07. The molecule has 0 radical (unpaired) electrons. The van der Waals surface area contributed by atoms with Gasteiger partial charge in [-0.05, 0) is 52.3 Å². The van der Waals surface area contributed by atoms with Crippen LogP contribution in [0.25, 0.3) is 0 Å². The van der Waals surface area contributed by atoms with Crippen LogP contribution in [0.15, 0.2) is 45.5 Å². The minimum Gasteiger partial charge on any atom is -0.454 e. The van der Waals surface area contributed by atoms with Crippen molar-refractivity contribution in [3.05, 3.63) is 52.6 Å². The quantitative estimate of drug-likeness (QED) is 0.726. The molecule has 0 spiro atoms. The molecule has 1 aromatic heterocycles. The molecule has 0 saturated carbocycles. The van der Waals surface area contributed by atoms with E-state index in [1.807, 2.05) is 0 Å². The van der Waals surface area contributed by atoms with Gasteiger partial charge < -0.3 is 19.8 Å². The number of benzene rings is 1. The highest BCUT2D eigenvalue weighted by atomic mass is 79.9. The molecule has 0 fully saturated rings. The summed E-state index contributed by atoms with van der Waals surface area (Å²) in [5.74, 6) is -2.37. The second-order valence-corrected chi connectivity index (χ2v) is 5.28. The fourth-order valence-corrected chi connectivity index (χ4v) is 1.91. The third-order valence-electron chi connectivity index (χ3n) is 2.68. The molecule has 0 aliphatic carbocycles. The van der Waals surface area contributed by atoms with Gasteiger partial charge in [0.1, 0.15) is 12.4 Å². The Morgan fingerprint density at radius 3 is 2.46 bits per heavy atom. The van der Waals surface area contributed by atoms with Crippen molar-refractivity contribution in [2.45, 2.75) is 0 Å². The van der Waals surface area contributed by atoms with Crippen LogP contribution in [0.1, 0.15) is 10.6 Å². The molecule has 2 aromatic rings. The van der Waals surface area contributed by atoms with Gasteiger partial charge in [0.05, 0.1) is 0 Å². The minimum atomic E-state index is -0.789. The third-order valence-corrected chi connectivity index (χ3v) is 3.11. The van der Waals surface area contributed by atoms with Crippen molar-refractivity contribution in [1.82, 2.24) is 5.32 Å². The molecule has 0 bridgehead atoms. The molecule has 7 nitrogen and oxygen atoms in total. The van der Waals surface area contributed by atoms with E-state index in [2.05, 4.69) is 26.6 Å². The molecule has 0 unspecified atom stereocenters. The number of ether oxygens (including phenoxy) is 1. The molecule has 0 saturated heterocycles. The van der Waals surface area contributed by atoms with Crippen LogP contribution in [0.4, 0.5) is 10.1 Å². The van der Waals surface area contributed by atoms with Crippen molar-refractivity contribution in [3.63, 3.8) is 0 Å². The second-order valence-electron chi connectivity index (χ2n) is 4.50. The minimum absolute atomic E-state index is 0.0312. The first-order chi connectivity index (χ1) is 11.4. The van der Waals surface area contributed by atoms with Gasteiger partial charge in [0.25, 0.3) is 11.8 Å². The van der Waals surface area contributed by atoms with E-state index < -0.39 is 36.8 Å². The zero-order chi connectivity index (χ0) is 17.5. The predicted molar refractivity (Wildman–Crippen MR) is 84.7 cm³/mol. The third kappa shape index (κ3) is 5.51. The molecule has 24 heavy (non-hydrogen) atoms. The van der Waals surface area contributed by atoms with Crippen LogP contribution in [0.2, 0.25) is 0 Å². The summed E-state index contributed by atoms with van der Waals surface area (Å²) >= 11 is 3.05. The maximum atomic E-state index is 12.7. The number of anilines is 1. The van der Waals surface area contributed by atoms with Crippen LogP contribution in [-0.2, 0) is 14.3 Å². The number of esters is 1. The zero-order valence-electron chi connectivity index (χ0n) is 12.2. The van der Waals surface area contributed by atoms with Crippen molar-refractivity contribution in [1.29, 1.82) is 0 Å². The van der Waals surface area contributed by atoms with E-state index in [4.69, 9.17) is 9.15 Å². The second kappa shape index (κ2) is 8.25. The van der Waals surface area contributed by atoms with E-state index >= 15 is 0 Å². The number of furan rings is 1. The molecule has 2 N–H and O–H groups in total. The van der Waals surface area contributed by atoms with Crippen LogP contribution in [0.5, 0.6) is 0 Å². The molecule has 1 heterocycles. The highest BCUT2D eigenvalue weighted by Gasteiger charge is 2.13.